The first kappa shape index (κ1) is 22.1. The highest BCUT2D eigenvalue weighted by Crippen LogP contribution is 2.41. The number of carbonyl (C=O) groups excluding carboxylic acids is 3. The molecule has 4 rings (SSSR count). The van der Waals surface area contributed by atoms with Gasteiger partial charge in [0.05, 0.1) is 24.7 Å². The summed E-state index contributed by atoms with van der Waals surface area (Å²) in [6.45, 7) is 4.98. The Balaban J connectivity index is 1.36. The van der Waals surface area contributed by atoms with Crippen molar-refractivity contribution in [1.82, 2.24) is 4.90 Å². The van der Waals surface area contributed by atoms with E-state index < -0.39 is 5.60 Å². The van der Waals surface area contributed by atoms with E-state index in [9.17, 15) is 14.4 Å². The molecule has 2 aromatic rings. The Labute approximate surface area is 188 Å². The van der Waals surface area contributed by atoms with Gasteiger partial charge in [0.2, 0.25) is 5.91 Å². The van der Waals surface area contributed by atoms with E-state index in [1.165, 1.54) is 7.11 Å². The van der Waals surface area contributed by atoms with Gasteiger partial charge < -0.3 is 14.4 Å². The van der Waals surface area contributed by atoms with Crippen LogP contribution in [0.15, 0.2) is 36.4 Å². The average molecular weight is 436 g/mol. The van der Waals surface area contributed by atoms with Crippen molar-refractivity contribution in [3.8, 4) is 11.5 Å². The van der Waals surface area contributed by atoms with Crippen LogP contribution in [-0.2, 0) is 4.79 Å². The van der Waals surface area contributed by atoms with Gasteiger partial charge in [-0.05, 0) is 43.2 Å². The molecule has 6 heteroatoms. The van der Waals surface area contributed by atoms with Gasteiger partial charge in [-0.25, -0.2) is 0 Å². The lowest BCUT2D eigenvalue weighted by Gasteiger charge is -2.44. The Hall–Kier alpha value is -3.15. The van der Waals surface area contributed by atoms with Gasteiger partial charge in [-0.2, -0.15) is 0 Å². The quantitative estimate of drug-likeness (QED) is 0.655. The fourth-order valence-electron chi connectivity index (χ4n) is 4.85. The fraction of sp³-hybridized carbons (Fsp3) is 0.423. The Bertz CT molecular complexity index is 1070. The molecule has 0 bridgehead atoms. The Morgan fingerprint density at radius 1 is 1.09 bits per heavy atom. The van der Waals surface area contributed by atoms with E-state index in [0.717, 1.165) is 11.1 Å². The van der Waals surface area contributed by atoms with E-state index in [1.54, 1.807) is 23.1 Å². The van der Waals surface area contributed by atoms with Gasteiger partial charge in [0.15, 0.2) is 11.6 Å². The van der Waals surface area contributed by atoms with Gasteiger partial charge in [0.1, 0.15) is 17.1 Å². The van der Waals surface area contributed by atoms with E-state index in [1.807, 2.05) is 32.0 Å². The summed E-state index contributed by atoms with van der Waals surface area (Å²) in [6, 6.07) is 11.0. The number of benzene rings is 2. The maximum absolute atomic E-state index is 12.9. The third kappa shape index (κ3) is 4.27. The van der Waals surface area contributed by atoms with Crippen molar-refractivity contribution < 1.29 is 23.9 Å². The Morgan fingerprint density at radius 2 is 1.81 bits per heavy atom. The number of ketones is 2. The molecule has 2 aliphatic heterocycles. The Kier molecular flexibility index (Phi) is 6.04. The molecule has 0 aromatic heterocycles. The number of amides is 1. The van der Waals surface area contributed by atoms with E-state index in [0.29, 0.717) is 55.0 Å². The van der Waals surface area contributed by atoms with Crippen molar-refractivity contribution in [2.24, 2.45) is 0 Å². The first-order valence-corrected chi connectivity index (χ1v) is 11.1. The maximum Gasteiger partial charge on any atom is 0.223 e. The highest BCUT2D eigenvalue weighted by atomic mass is 16.5. The van der Waals surface area contributed by atoms with Crippen LogP contribution >= 0.6 is 0 Å². The number of nitrogens with zero attached hydrogens (tertiary/aromatic N) is 1. The zero-order valence-electron chi connectivity index (χ0n) is 18.9. The standard InChI is InChI=1S/C26H29NO5/c1-17-14-18(2)25-21(29)16-26(32-23(25)15-17)10-12-27(13-11-26)24(30)9-8-20(28)19-6-4-5-7-22(19)31-3/h4-7,14-15H,8-13,16H2,1-3H3. The molecular formula is C26H29NO5. The van der Waals surface area contributed by atoms with Crippen LogP contribution in [0, 0.1) is 13.8 Å². The second-order valence-electron chi connectivity index (χ2n) is 8.84. The summed E-state index contributed by atoms with van der Waals surface area (Å²) in [4.78, 5) is 39.9. The molecule has 0 unspecified atom stereocenters. The van der Waals surface area contributed by atoms with Crippen molar-refractivity contribution in [3.05, 3.63) is 58.7 Å². The molecule has 2 heterocycles. The van der Waals surface area contributed by atoms with Crippen LogP contribution in [0.1, 0.15) is 63.9 Å². The molecule has 0 N–H and O–H groups in total. The van der Waals surface area contributed by atoms with Gasteiger partial charge in [-0.3, -0.25) is 14.4 Å². The second-order valence-corrected chi connectivity index (χ2v) is 8.84. The minimum atomic E-state index is -0.547. The van der Waals surface area contributed by atoms with Crippen LogP contribution in [0.3, 0.4) is 0 Å². The number of piperidine rings is 1. The summed E-state index contributed by atoms with van der Waals surface area (Å²) in [6.07, 6.45) is 1.86. The van der Waals surface area contributed by atoms with Crippen molar-refractivity contribution in [2.45, 2.75) is 51.6 Å². The lowest BCUT2D eigenvalue weighted by atomic mass is 9.81. The number of fused-ring (bicyclic) bond motifs is 1. The minimum Gasteiger partial charge on any atom is -0.496 e. The number of hydrogen-bond acceptors (Lipinski definition) is 5. The van der Waals surface area contributed by atoms with Gasteiger partial charge >= 0.3 is 0 Å². The number of likely N-dealkylation sites (tertiary alicyclic amines) is 1. The van der Waals surface area contributed by atoms with E-state index in [-0.39, 0.29) is 30.3 Å². The number of ether oxygens (including phenoxy) is 2. The molecule has 168 valence electrons. The number of Topliss-reactive ketones (excluding diaryl/α,β-unsaturated/α-hetero) is 2. The number of para-hydroxylation sites is 1. The highest BCUT2D eigenvalue weighted by Gasteiger charge is 2.44. The third-order valence-corrected chi connectivity index (χ3v) is 6.53. The summed E-state index contributed by atoms with van der Waals surface area (Å²) in [5.41, 5.74) is 2.66. The number of rotatable bonds is 5. The SMILES string of the molecule is COc1ccccc1C(=O)CCC(=O)N1CCC2(CC1)CC(=O)c1c(C)cc(C)cc1O2. The van der Waals surface area contributed by atoms with Crippen LogP contribution in [0.25, 0.3) is 0 Å². The summed E-state index contributed by atoms with van der Waals surface area (Å²) >= 11 is 0. The smallest absolute Gasteiger partial charge is 0.223 e. The van der Waals surface area contributed by atoms with Crippen LogP contribution < -0.4 is 9.47 Å². The van der Waals surface area contributed by atoms with Crippen LogP contribution in [0.5, 0.6) is 11.5 Å². The van der Waals surface area contributed by atoms with Gasteiger partial charge in [-0.15, -0.1) is 0 Å². The Morgan fingerprint density at radius 3 is 2.53 bits per heavy atom. The molecule has 6 nitrogen and oxygen atoms in total. The summed E-state index contributed by atoms with van der Waals surface area (Å²) in [5.74, 6) is 1.16. The first-order valence-electron chi connectivity index (χ1n) is 11.1. The predicted molar refractivity (Wildman–Crippen MR) is 121 cm³/mol. The van der Waals surface area contributed by atoms with E-state index in [2.05, 4.69) is 0 Å². The first-order chi connectivity index (χ1) is 15.3. The zero-order valence-corrected chi connectivity index (χ0v) is 18.9. The summed E-state index contributed by atoms with van der Waals surface area (Å²) in [7, 11) is 1.53. The molecule has 0 saturated carbocycles. The molecule has 2 aromatic carbocycles. The molecule has 32 heavy (non-hydrogen) atoms. The molecule has 2 aliphatic rings. The van der Waals surface area contributed by atoms with Gasteiger partial charge in [-0.1, -0.05) is 18.2 Å². The molecular weight excluding hydrogens is 406 g/mol. The molecule has 0 radical (unpaired) electrons. The molecule has 1 amide bonds. The van der Waals surface area contributed by atoms with Crippen molar-refractivity contribution >= 4 is 17.5 Å². The highest BCUT2D eigenvalue weighted by molar-refractivity contribution is 6.02. The second kappa shape index (κ2) is 8.77. The number of aryl methyl sites for hydroxylation is 2. The maximum atomic E-state index is 12.9. The van der Waals surface area contributed by atoms with Crippen molar-refractivity contribution in [2.75, 3.05) is 20.2 Å². The van der Waals surface area contributed by atoms with Crippen LogP contribution in [-0.4, -0.2) is 48.2 Å². The third-order valence-electron chi connectivity index (χ3n) is 6.53. The normalized spacial score (nSPS) is 17.0. The largest absolute Gasteiger partial charge is 0.496 e. The number of carbonyl (C=O) groups is 3. The number of methoxy groups -OCH3 is 1. The van der Waals surface area contributed by atoms with Crippen LogP contribution in [0.4, 0.5) is 0 Å². The molecule has 1 saturated heterocycles. The fourth-order valence-corrected chi connectivity index (χ4v) is 4.85. The molecule has 1 spiro atoms. The lowest BCUT2D eigenvalue weighted by molar-refractivity contribution is -0.134. The zero-order chi connectivity index (χ0) is 22.9. The van der Waals surface area contributed by atoms with Crippen LogP contribution in [0.2, 0.25) is 0 Å². The topological polar surface area (TPSA) is 72.9 Å². The average Bonchev–Trinajstić information content (AvgIpc) is 2.76. The number of hydrogen-bond donors (Lipinski definition) is 0. The van der Waals surface area contributed by atoms with Crippen molar-refractivity contribution in [1.29, 1.82) is 0 Å². The molecule has 0 aliphatic carbocycles. The molecule has 1 fully saturated rings. The van der Waals surface area contributed by atoms with E-state index >= 15 is 0 Å². The van der Waals surface area contributed by atoms with Gasteiger partial charge in [0.25, 0.3) is 0 Å². The summed E-state index contributed by atoms with van der Waals surface area (Å²) in [5, 5.41) is 0. The molecule has 0 atom stereocenters. The summed E-state index contributed by atoms with van der Waals surface area (Å²) < 4.78 is 11.6. The lowest BCUT2D eigenvalue weighted by Crippen LogP contribution is -2.52. The van der Waals surface area contributed by atoms with Gasteiger partial charge in [0, 0.05) is 38.8 Å². The monoisotopic (exact) mass is 435 g/mol. The van der Waals surface area contributed by atoms with Crippen molar-refractivity contribution in [3.63, 3.8) is 0 Å². The predicted octanol–water partition coefficient (Wildman–Crippen LogP) is 4.30. The van der Waals surface area contributed by atoms with E-state index in [4.69, 9.17) is 9.47 Å². The minimum absolute atomic E-state index is 0.0441.